The second kappa shape index (κ2) is 7.34. The number of amides is 1. The molecule has 2 rings (SSSR count). The van der Waals surface area contributed by atoms with Gasteiger partial charge in [0.05, 0.1) is 10.9 Å². The maximum Gasteiger partial charge on any atom is 0.242 e. The summed E-state index contributed by atoms with van der Waals surface area (Å²) in [6.45, 7) is 5.33. The molecule has 0 aliphatic heterocycles. The standard InChI is InChI=1S/C17H19ClN2O3S/c1-11-4-9-16(12(2)10-11)19-17(21)13(3)20-24(22,23)15-7-5-14(18)6-8-15/h4-10,13,20H,1-3H3,(H,19,21)/t13-/m0/s1. The van der Waals surface area contributed by atoms with E-state index in [1.807, 2.05) is 26.0 Å². The molecule has 0 fully saturated rings. The predicted molar refractivity (Wildman–Crippen MR) is 95.8 cm³/mol. The lowest BCUT2D eigenvalue weighted by molar-refractivity contribution is -0.117. The largest absolute Gasteiger partial charge is 0.324 e. The minimum Gasteiger partial charge on any atom is -0.324 e. The highest BCUT2D eigenvalue weighted by Gasteiger charge is 2.22. The average Bonchev–Trinajstić information content (AvgIpc) is 2.50. The second-order valence-electron chi connectivity index (χ2n) is 5.60. The van der Waals surface area contributed by atoms with Crippen molar-refractivity contribution in [2.24, 2.45) is 0 Å². The summed E-state index contributed by atoms with van der Waals surface area (Å²) in [5, 5.41) is 3.17. The Balaban J connectivity index is 2.09. The molecule has 2 aromatic rings. The van der Waals surface area contributed by atoms with Crippen LogP contribution in [0.15, 0.2) is 47.4 Å². The van der Waals surface area contributed by atoms with Gasteiger partial charge in [-0.1, -0.05) is 29.3 Å². The molecular formula is C17H19ClN2O3S. The molecule has 0 bridgehead atoms. The Hall–Kier alpha value is -1.89. The van der Waals surface area contributed by atoms with E-state index in [2.05, 4.69) is 10.0 Å². The van der Waals surface area contributed by atoms with Gasteiger partial charge in [0.1, 0.15) is 0 Å². The highest BCUT2D eigenvalue weighted by atomic mass is 35.5. The molecule has 1 amide bonds. The molecule has 0 saturated heterocycles. The highest BCUT2D eigenvalue weighted by Crippen LogP contribution is 2.17. The lowest BCUT2D eigenvalue weighted by Gasteiger charge is -2.16. The second-order valence-corrected chi connectivity index (χ2v) is 7.75. The first-order valence-corrected chi connectivity index (χ1v) is 9.21. The maximum absolute atomic E-state index is 12.3. The summed E-state index contributed by atoms with van der Waals surface area (Å²) in [4.78, 5) is 12.3. The van der Waals surface area contributed by atoms with Crippen LogP contribution in [0.1, 0.15) is 18.1 Å². The Kier molecular flexibility index (Phi) is 5.64. The van der Waals surface area contributed by atoms with Gasteiger partial charge in [-0.05, 0) is 56.7 Å². The van der Waals surface area contributed by atoms with E-state index in [1.54, 1.807) is 6.07 Å². The van der Waals surface area contributed by atoms with Gasteiger partial charge in [0, 0.05) is 10.7 Å². The zero-order chi connectivity index (χ0) is 17.9. The molecule has 2 aromatic carbocycles. The summed E-state index contributed by atoms with van der Waals surface area (Å²) >= 11 is 5.75. The Bertz CT molecular complexity index is 849. The molecule has 24 heavy (non-hydrogen) atoms. The maximum atomic E-state index is 12.3. The average molecular weight is 367 g/mol. The lowest BCUT2D eigenvalue weighted by Crippen LogP contribution is -2.41. The molecule has 7 heteroatoms. The van der Waals surface area contributed by atoms with Crippen LogP contribution < -0.4 is 10.0 Å². The van der Waals surface area contributed by atoms with E-state index in [1.165, 1.54) is 31.2 Å². The number of nitrogens with one attached hydrogen (secondary N) is 2. The number of hydrogen-bond donors (Lipinski definition) is 2. The third kappa shape index (κ3) is 4.56. The third-order valence-electron chi connectivity index (χ3n) is 3.49. The molecule has 0 saturated carbocycles. The Morgan fingerprint density at radius 1 is 1.08 bits per heavy atom. The molecule has 0 aliphatic carbocycles. The van der Waals surface area contributed by atoms with Crippen molar-refractivity contribution in [3.05, 3.63) is 58.6 Å². The van der Waals surface area contributed by atoms with Crippen molar-refractivity contribution in [1.82, 2.24) is 4.72 Å². The molecule has 2 N–H and O–H groups in total. The summed E-state index contributed by atoms with van der Waals surface area (Å²) in [6.07, 6.45) is 0. The summed E-state index contributed by atoms with van der Waals surface area (Å²) in [7, 11) is -3.80. The van der Waals surface area contributed by atoms with Crippen molar-refractivity contribution in [3.8, 4) is 0 Å². The Morgan fingerprint density at radius 2 is 1.71 bits per heavy atom. The minimum absolute atomic E-state index is 0.0538. The molecule has 0 aliphatic rings. The normalized spacial score (nSPS) is 12.7. The number of anilines is 1. The number of benzene rings is 2. The van der Waals surface area contributed by atoms with Crippen molar-refractivity contribution >= 4 is 33.2 Å². The molecule has 0 aromatic heterocycles. The highest BCUT2D eigenvalue weighted by molar-refractivity contribution is 7.89. The predicted octanol–water partition coefficient (Wildman–Crippen LogP) is 3.26. The van der Waals surface area contributed by atoms with Gasteiger partial charge in [-0.25, -0.2) is 8.42 Å². The number of carbonyl (C=O) groups is 1. The molecule has 0 unspecified atom stereocenters. The van der Waals surface area contributed by atoms with Gasteiger partial charge in [0.15, 0.2) is 0 Å². The minimum atomic E-state index is -3.80. The van der Waals surface area contributed by atoms with Crippen LogP contribution in [0.4, 0.5) is 5.69 Å². The van der Waals surface area contributed by atoms with E-state index in [0.29, 0.717) is 10.7 Å². The van der Waals surface area contributed by atoms with Gasteiger partial charge >= 0.3 is 0 Å². The van der Waals surface area contributed by atoms with Crippen molar-refractivity contribution < 1.29 is 13.2 Å². The van der Waals surface area contributed by atoms with Gasteiger partial charge in [0.2, 0.25) is 15.9 Å². The van der Waals surface area contributed by atoms with Crippen molar-refractivity contribution in [3.63, 3.8) is 0 Å². The fraction of sp³-hybridized carbons (Fsp3) is 0.235. The van der Waals surface area contributed by atoms with Gasteiger partial charge in [-0.3, -0.25) is 4.79 Å². The first-order valence-electron chi connectivity index (χ1n) is 7.35. The SMILES string of the molecule is Cc1ccc(NC(=O)[C@H](C)NS(=O)(=O)c2ccc(Cl)cc2)c(C)c1. The molecule has 1 atom stereocenters. The van der Waals surface area contributed by atoms with E-state index in [-0.39, 0.29) is 4.90 Å². The number of rotatable bonds is 5. The lowest BCUT2D eigenvalue weighted by atomic mass is 10.1. The van der Waals surface area contributed by atoms with E-state index < -0.39 is 22.0 Å². The van der Waals surface area contributed by atoms with Gasteiger partial charge in [0.25, 0.3) is 0 Å². The summed E-state index contributed by atoms with van der Waals surface area (Å²) in [6, 6.07) is 10.4. The topological polar surface area (TPSA) is 75.3 Å². The first kappa shape index (κ1) is 18.4. The zero-order valence-corrected chi connectivity index (χ0v) is 15.2. The van der Waals surface area contributed by atoms with E-state index in [0.717, 1.165) is 11.1 Å². The van der Waals surface area contributed by atoms with Crippen LogP contribution >= 0.6 is 11.6 Å². The monoisotopic (exact) mass is 366 g/mol. The number of halogens is 1. The quantitative estimate of drug-likeness (QED) is 0.852. The zero-order valence-electron chi connectivity index (χ0n) is 13.6. The van der Waals surface area contributed by atoms with Gasteiger partial charge < -0.3 is 5.32 Å². The van der Waals surface area contributed by atoms with Crippen molar-refractivity contribution in [2.75, 3.05) is 5.32 Å². The molecule has 0 spiro atoms. The summed E-state index contributed by atoms with van der Waals surface area (Å²) < 4.78 is 26.9. The Morgan fingerprint density at radius 3 is 2.29 bits per heavy atom. The summed E-state index contributed by atoms with van der Waals surface area (Å²) in [5.41, 5.74) is 2.65. The number of carbonyl (C=O) groups excluding carboxylic acids is 1. The molecule has 128 valence electrons. The van der Waals surface area contributed by atoms with Gasteiger partial charge in [-0.15, -0.1) is 0 Å². The van der Waals surface area contributed by atoms with E-state index in [9.17, 15) is 13.2 Å². The van der Waals surface area contributed by atoms with Crippen LogP contribution in [0.5, 0.6) is 0 Å². The summed E-state index contributed by atoms with van der Waals surface area (Å²) in [5.74, 6) is -0.431. The van der Waals surface area contributed by atoms with Crippen molar-refractivity contribution in [1.29, 1.82) is 0 Å². The molecule has 0 radical (unpaired) electrons. The van der Waals surface area contributed by atoms with Crippen LogP contribution in [-0.2, 0) is 14.8 Å². The van der Waals surface area contributed by atoms with Crippen LogP contribution in [0, 0.1) is 13.8 Å². The van der Waals surface area contributed by atoms with Crippen LogP contribution in [0.2, 0.25) is 5.02 Å². The fourth-order valence-electron chi connectivity index (χ4n) is 2.16. The third-order valence-corrected chi connectivity index (χ3v) is 5.30. The number of sulfonamides is 1. The number of aryl methyl sites for hydroxylation is 2. The van der Waals surface area contributed by atoms with Crippen LogP contribution in [0.25, 0.3) is 0 Å². The van der Waals surface area contributed by atoms with Crippen molar-refractivity contribution in [2.45, 2.75) is 31.7 Å². The Labute approximate surface area is 147 Å². The smallest absolute Gasteiger partial charge is 0.242 e. The van der Waals surface area contributed by atoms with Gasteiger partial charge in [-0.2, -0.15) is 4.72 Å². The number of hydrogen-bond acceptors (Lipinski definition) is 3. The molecule has 0 heterocycles. The van der Waals surface area contributed by atoms with E-state index in [4.69, 9.17) is 11.6 Å². The molecule has 5 nitrogen and oxygen atoms in total. The first-order chi connectivity index (χ1) is 11.2. The van der Waals surface area contributed by atoms with Crippen LogP contribution in [-0.4, -0.2) is 20.4 Å². The van der Waals surface area contributed by atoms with Crippen LogP contribution in [0.3, 0.4) is 0 Å². The van der Waals surface area contributed by atoms with E-state index >= 15 is 0 Å². The molecular weight excluding hydrogens is 348 g/mol. The fourth-order valence-corrected chi connectivity index (χ4v) is 3.49.